The van der Waals surface area contributed by atoms with Crippen LogP contribution in [0.5, 0.6) is 0 Å². The molecule has 1 aromatic rings. The fourth-order valence-electron chi connectivity index (χ4n) is 1.34. The lowest BCUT2D eigenvalue weighted by Gasteiger charge is -2.08. The van der Waals surface area contributed by atoms with E-state index in [9.17, 15) is 0 Å². The zero-order chi connectivity index (χ0) is 10.0. The van der Waals surface area contributed by atoms with Gasteiger partial charge in [0.25, 0.3) is 0 Å². The maximum Gasteiger partial charge on any atom is 0.0827 e. The van der Waals surface area contributed by atoms with E-state index in [1.165, 1.54) is 11.4 Å². The van der Waals surface area contributed by atoms with Crippen molar-refractivity contribution < 1.29 is 0 Å². The first-order valence-electron chi connectivity index (χ1n) is 4.76. The molecule has 0 spiro atoms. The molecule has 0 saturated carbocycles. The summed E-state index contributed by atoms with van der Waals surface area (Å²) in [6.45, 7) is 9.54. The van der Waals surface area contributed by atoms with Crippen molar-refractivity contribution in [2.45, 2.75) is 27.7 Å². The van der Waals surface area contributed by atoms with Crippen molar-refractivity contribution in [3.05, 3.63) is 11.4 Å². The fraction of sp³-hybridized carbons (Fsp3) is 0.700. The van der Waals surface area contributed by atoms with Gasteiger partial charge < -0.3 is 5.32 Å². The minimum atomic E-state index is 0.666. The third-order valence-corrected chi connectivity index (χ3v) is 2.20. The van der Waals surface area contributed by atoms with Gasteiger partial charge in [-0.15, -0.1) is 0 Å². The van der Waals surface area contributed by atoms with Crippen LogP contribution in [0.25, 0.3) is 0 Å². The van der Waals surface area contributed by atoms with E-state index >= 15 is 0 Å². The van der Waals surface area contributed by atoms with Gasteiger partial charge in [-0.2, -0.15) is 5.10 Å². The second kappa shape index (κ2) is 3.81. The predicted molar refractivity (Wildman–Crippen MR) is 56.0 cm³/mol. The number of anilines is 1. The first-order chi connectivity index (χ1) is 6.02. The summed E-state index contributed by atoms with van der Waals surface area (Å²) in [5.74, 6) is 0.666. The number of aryl methyl sites for hydroxylation is 2. The lowest BCUT2D eigenvalue weighted by Crippen LogP contribution is -2.09. The van der Waals surface area contributed by atoms with Gasteiger partial charge in [0, 0.05) is 13.6 Å². The molecule has 1 aromatic heterocycles. The van der Waals surface area contributed by atoms with Crippen molar-refractivity contribution in [2.75, 3.05) is 11.9 Å². The summed E-state index contributed by atoms with van der Waals surface area (Å²) in [5, 5.41) is 7.76. The van der Waals surface area contributed by atoms with Gasteiger partial charge in [0.1, 0.15) is 0 Å². The number of rotatable bonds is 3. The molecule has 0 bridgehead atoms. The van der Waals surface area contributed by atoms with E-state index in [1.807, 2.05) is 18.7 Å². The van der Waals surface area contributed by atoms with Gasteiger partial charge in [-0.05, 0) is 19.8 Å². The summed E-state index contributed by atoms with van der Waals surface area (Å²) in [7, 11) is 1.98. The second-order valence-electron chi connectivity index (χ2n) is 3.94. The Hall–Kier alpha value is -0.990. The quantitative estimate of drug-likeness (QED) is 0.774. The van der Waals surface area contributed by atoms with Crippen LogP contribution in [0.1, 0.15) is 25.2 Å². The molecule has 1 rings (SSSR count). The van der Waals surface area contributed by atoms with Crippen LogP contribution in [0.15, 0.2) is 0 Å². The number of hydrogen-bond donors (Lipinski definition) is 1. The fourth-order valence-corrected chi connectivity index (χ4v) is 1.34. The van der Waals surface area contributed by atoms with E-state index in [1.54, 1.807) is 0 Å². The molecule has 3 nitrogen and oxygen atoms in total. The van der Waals surface area contributed by atoms with Gasteiger partial charge in [-0.25, -0.2) is 0 Å². The van der Waals surface area contributed by atoms with E-state index in [-0.39, 0.29) is 0 Å². The maximum absolute atomic E-state index is 4.34. The van der Waals surface area contributed by atoms with Crippen LogP contribution in [0.2, 0.25) is 0 Å². The third-order valence-electron chi connectivity index (χ3n) is 2.20. The first kappa shape index (κ1) is 10.1. The monoisotopic (exact) mass is 181 g/mol. The maximum atomic E-state index is 4.34. The number of aromatic nitrogens is 2. The molecule has 0 aliphatic heterocycles. The largest absolute Gasteiger partial charge is 0.382 e. The Kier molecular flexibility index (Phi) is 2.96. The molecule has 0 unspecified atom stereocenters. The Bertz CT molecular complexity index is 287. The topological polar surface area (TPSA) is 29.9 Å². The smallest absolute Gasteiger partial charge is 0.0827 e. The lowest BCUT2D eigenvalue weighted by atomic mass is 10.2. The highest BCUT2D eigenvalue weighted by Gasteiger charge is 2.08. The molecule has 0 fully saturated rings. The van der Waals surface area contributed by atoms with Crippen molar-refractivity contribution in [2.24, 2.45) is 13.0 Å². The molecule has 3 heteroatoms. The molecule has 0 radical (unpaired) electrons. The van der Waals surface area contributed by atoms with Gasteiger partial charge in [-0.3, -0.25) is 4.68 Å². The van der Waals surface area contributed by atoms with Gasteiger partial charge in [0.15, 0.2) is 0 Å². The Balaban J connectivity index is 2.76. The Morgan fingerprint density at radius 1 is 1.38 bits per heavy atom. The lowest BCUT2D eigenvalue weighted by molar-refractivity contribution is 0.687. The molecule has 74 valence electrons. The van der Waals surface area contributed by atoms with Crippen LogP contribution in [-0.2, 0) is 7.05 Å². The highest BCUT2D eigenvalue weighted by molar-refractivity contribution is 5.51. The molecule has 0 aromatic carbocycles. The SMILES string of the molecule is Cc1nn(C)c(C)c1NCC(C)C. The van der Waals surface area contributed by atoms with E-state index in [4.69, 9.17) is 0 Å². The molecule has 1 heterocycles. The second-order valence-corrected chi connectivity index (χ2v) is 3.94. The Morgan fingerprint density at radius 2 is 2.00 bits per heavy atom. The Morgan fingerprint density at radius 3 is 2.38 bits per heavy atom. The van der Waals surface area contributed by atoms with Crippen molar-refractivity contribution in [1.82, 2.24) is 9.78 Å². The predicted octanol–water partition coefficient (Wildman–Crippen LogP) is 2.10. The molecular weight excluding hydrogens is 162 g/mol. The highest BCUT2D eigenvalue weighted by atomic mass is 15.3. The van der Waals surface area contributed by atoms with Crippen LogP contribution in [0.3, 0.4) is 0 Å². The van der Waals surface area contributed by atoms with Crippen molar-refractivity contribution in [1.29, 1.82) is 0 Å². The van der Waals surface area contributed by atoms with Gasteiger partial charge in [0.2, 0.25) is 0 Å². The minimum Gasteiger partial charge on any atom is -0.382 e. The third kappa shape index (κ3) is 2.23. The van der Waals surface area contributed by atoms with Crippen molar-refractivity contribution >= 4 is 5.69 Å². The number of nitrogens with zero attached hydrogens (tertiary/aromatic N) is 2. The van der Waals surface area contributed by atoms with Gasteiger partial charge in [0.05, 0.1) is 17.1 Å². The summed E-state index contributed by atoms with van der Waals surface area (Å²) in [4.78, 5) is 0. The Labute approximate surface area is 80.1 Å². The van der Waals surface area contributed by atoms with E-state index in [0.717, 1.165) is 12.2 Å². The van der Waals surface area contributed by atoms with E-state index in [2.05, 4.69) is 31.2 Å². The minimum absolute atomic E-state index is 0.666. The van der Waals surface area contributed by atoms with Crippen LogP contribution >= 0.6 is 0 Å². The number of nitrogens with one attached hydrogen (secondary N) is 1. The van der Waals surface area contributed by atoms with Crippen molar-refractivity contribution in [3.63, 3.8) is 0 Å². The summed E-state index contributed by atoms with van der Waals surface area (Å²) < 4.78 is 1.91. The molecule has 0 aliphatic carbocycles. The van der Waals surface area contributed by atoms with Crippen LogP contribution < -0.4 is 5.32 Å². The van der Waals surface area contributed by atoms with Crippen LogP contribution in [0, 0.1) is 19.8 Å². The average Bonchev–Trinajstić information content (AvgIpc) is 2.24. The summed E-state index contributed by atoms with van der Waals surface area (Å²) >= 11 is 0. The summed E-state index contributed by atoms with van der Waals surface area (Å²) in [6.07, 6.45) is 0. The summed E-state index contributed by atoms with van der Waals surface area (Å²) in [5.41, 5.74) is 3.48. The van der Waals surface area contributed by atoms with Crippen LogP contribution in [0.4, 0.5) is 5.69 Å². The molecule has 0 atom stereocenters. The molecule has 13 heavy (non-hydrogen) atoms. The van der Waals surface area contributed by atoms with Gasteiger partial charge in [-0.1, -0.05) is 13.8 Å². The van der Waals surface area contributed by atoms with Gasteiger partial charge >= 0.3 is 0 Å². The molecule has 0 amide bonds. The summed E-state index contributed by atoms with van der Waals surface area (Å²) in [6, 6.07) is 0. The normalized spacial score (nSPS) is 10.9. The molecule has 0 aliphatic rings. The first-order valence-corrected chi connectivity index (χ1v) is 4.76. The average molecular weight is 181 g/mol. The molecule has 1 N–H and O–H groups in total. The van der Waals surface area contributed by atoms with Crippen molar-refractivity contribution in [3.8, 4) is 0 Å². The van der Waals surface area contributed by atoms with Crippen LogP contribution in [-0.4, -0.2) is 16.3 Å². The highest BCUT2D eigenvalue weighted by Crippen LogP contribution is 2.18. The van der Waals surface area contributed by atoms with E-state index < -0.39 is 0 Å². The molecule has 0 saturated heterocycles. The van der Waals surface area contributed by atoms with E-state index in [0.29, 0.717) is 5.92 Å². The zero-order valence-electron chi connectivity index (χ0n) is 9.18. The number of hydrogen-bond acceptors (Lipinski definition) is 2. The zero-order valence-corrected chi connectivity index (χ0v) is 9.18. The standard InChI is InChI=1S/C10H19N3/c1-7(2)6-11-10-8(3)12-13(5)9(10)4/h7,11H,6H2,1-5H3. The molecular formula is C10H19N3.